The van der Waals surface area contributed by atoms with Crippen LogP contribution in [-0.4, -0.2) is 22.7 Å². The minimum absolute atomic E-state index is 0.199. The molecule has 0 aliphatic rings. The van der Waals surface area contributed by atoms with E-state index in [0.717, 1.165) is 27.5 Å². The van der Waals surface area contributed by atoms with Gasteiger partial charge in [0.25, 0.3) is 0 Å². The summed E-state index contributed by atoms with van der Waals surface area (Å²) in [5.74, 6) is 0.464. The number of benzene rings is 1. The summed E-state index contributed by atoms with van der Waals surface area (Å²) in [6, 6.07) is 8.34. The Balaban J connectivity index is 2.34. The zero-order chi connectivity index (χ0) is 13.8. The molecule has 1 atom stereocenters. The fraction of sp³-hybridized carbons (Fsp3) is 0.400. The molecule has 4 heteroatoms. The molecule has 0 unspecified atom stereocenters. The van der Waals surface area contributed by atoms with E-state index < -0.39 is 0 Å². The normalized spacial score (nSPS) is 12.9. The summed E-state index contributed by atoms with van der Waals surface area (Å²) in [7, 11) is 0. The van der Waals surface area contributed by atoms with Crippen LogP contribution in [0.5, 0.6) is 0 Å². The van der Waals surface area contributed by atoms with E-state index in [0.29, 0.717) is 5.92 Å². The molecule has 1 aromatic heterocycles. The number of pyridine rings is 1. The largest absolute Gasteiger partial charge is 0.396 e. The second-order valence-electron chi connectivity index (χ2n) is 5.03. The minimum atomic E-state index is 0.199. The van der Waals surface area contributed by atoms with Crippen molar-refractivity contribution in [3.05, 3.63) is 34.9 Å². The van der Waals surface area contributed by atoms with Gasteiger partial charge in [0.2, 0.25) is 0 Å². The van der Waals surface area contributed by atoms with Crippen molar-refractivity contribution in [2.75, 3.05) is 11.9 Å². The van der Waals surface area contributed by atoms with Crippen LogP contribution in [0.2, 0.25) is 0 Å². The van der Waals surface area contributed by atoms with Gasteiger partial charge in [0.15, 0.2) is 0 Å². The standard InChI is InChI=1S/C15H19BrN2O/c1-10(2)13(6-8-19)18-14-5-7-17-15-9-11(16)3-4-12(14)15/h3-5,7,9-10,13,19H,6,8H2,1-2H3,(H,17,18)/t13-/m1/s1. The molecule has 2 rings (SSSR count). The minimum Gasteiger partial charge on any atom is -0.396 e. The maximum Gasteiger partial charge on any atom is 0.0733 e. The molecule has 0 saturated carbocycles. The number of rotatable bonds is 5. The zero-order valence-corrected chi connectivity index (χ0v) is 12.8. The molecule has 1 heterocycles. The number of nitrogens with one attached hydrogen (secondary N) is 1. The molecule has 0 radical (unpaired) electrons. The number of anilines is 1. The van der Waals surface area contributed by atoms with Gasteiger partial charge in [-0.25, -0.2) is 0 Å². The first-order valence-corrected chi connectivity index (χ1v) is 7.33. The Kier molecular flexibility index (Phi) is 4.77. The quantitative estimate of drug-likeness (QED) is 0.879. The molecular weight excluding hydrogens is 304 g/mol. The first kappa shape index (κ1) is 14.3. The molecular formula is C15H19BrN2O. The third-order valence-electron chi connectivity index (χ3n) is 3.29. The highest BCUT2D eigenvalue weighted by Gasteiger charge is 2.13. The number of hydrogen-bond acceptors (Lipinski definition) is 3. The van der Waals surface area contributed by atoms with Crippen molar-refractivity contribution >= 4 is 32.5 Å². The van der Waals surface area contributed by atoms with Gasteiger partial charge in [-0.2, -0.15) is 0 Å². The fourth-order valence-electron chi connectivity index (χ4n) is 2.16. The molecule has 0 bridgehead atoms. The van der Waals surface area contributed by atoms with Crippen LogP contribution in [0.3, 0.4) is 0 Å². The Labute approximate surface area is 122 Å². The van der Waals surface area contributed by atoms with Gasteiger partial charge in [0, 0.05) is 34.4 Å². The molecule has 2 aromatic rings. The second kappa shape index (κ2) is 6.35. The first-order valence-electron chi connectivity index (χ1n) is 6.53. The average molecular weight is 323 g/mol. The van der Waals surface area contributed by atoms with Crippen LogP contribution in [0.15, 0.2) is 34.9 Å². The lowest BCUT2D eigenvalue weighted by Crippen LogP contribution is -2.26. The summed E-state index contributed by atoms with van der Waals surface area (Å²) >= 11 is 3.46. The van der Waals surface area contributed by atoms with Crippen molar-refractivity contribution in [1.29, 1.82) is 0 Å². The number of aliphatic hydroxyl groups is 1. The monoisotopic (exact) mass is 322 g/mol. The molecule has 0 fully saturated rings. The molecule has 0 aliphatic carbocycles. The van der Waals surface area contributed by atoms with E-state index in [-0.39, 0.29) is 12.6 Å². The summed E-state index contributed by atoms with van der Waals surface area (Å²) in [5.41, 5.74) is 2.04. The van der Waals surface area contributed by atoms with Gasteiger partial charge in [-0.15, -0.1) is 0 Å². The molecule has 2 N–H and O–H groups in total. The van der Waals surface area contributed by atoms with Crippen LogP contribution in [0, 0.1) is 5.92 Å². The van der Waals surface area contributed by atoms with Crippen molar-refractivity contribution in [2.24, 2.45) is 5.92 Å². The van der Waals surface area contributed by atoms with Gasteiger partial charge in [-0.05, 0) is 36.6 Å². The van der Waals surface area contributed by atoms with Gasteiger partial charge in [-0.1, -0.05) is 29.8 Å². The predicted octanol–water partition coefficient (Wildman–Crippen LogP) is 3.82. The Hall–Kier alpha value is -1.13. The molecule has 0 spiro atoms. The molecule has 1 aromatic carbocycles. The Bertz CT molecular complexity index is 557. The van der Waals surface area contributed by atoms with Gasteiger partial charge in [-0.3, -0.25) is 4.98 Å². The molecule has 0 aliphatic heterocycles. The van der Waals surface area contributed by atoms with Gasteiger partial charge >= 0.3 is 0 Å². The van der Waals surface area contributed by atoms with Crippen molar-refractivity contribution in [3.8, 4) is 0 Å². The van der Waals surface area contributed by atoms with E-state index in [4.69, 9.17) is 5.11 Å². The maximum absolute atomic E-state index is 9.15. The van der Waals surface area contributed by atoms with Gasteiger partial charge < -0.3 is 10.4 Å². The van der Waals surface area contributed by atoms with E-state index in [1.54, 1.807) is 0 Å². The zero-order valence-electron chi connectivity index (χ0n) is 11.2. The lowest BCUT2D eigenvalue weighted by atomic mass is 10.0. The summed E-state index contributed by atoms with van der Waals surface area (Å²) in [6.07, 6.45) is 2.56. The third-order valence-corrected chi connectivity index (χ3v) is 3.78. The number of halogens is 1. The highest BCUT2D eigenvalue weighted by molar-refractivity contribution is 9.10. The number of fused-ring (bicyclic) bond motifs is 1. The van der Waals surface area contributed by atoms with E-state index >= 15 is 0 Å². The van der Waals surface area contributed by atoms with Crippen LogP contribution in [0.4, 0.5) is 5.69 Å². The summed E-state index contributed by atoms with van der Waals surface area (Å²) in [4.78, 5) is 4.38. The third kappa shape index (κ3) is 3.45. The number of aromatic nitrogens is 1. The lowest BCUT2D eigenvalue weighted by Gasteiger charge is -2.23. The molecule has 3 nitrogen and oxygen atoms in total. The maximum atomic E-state index is 9.15. The second-order valence-corrected chi connectivity index (χ2v) is 5.94. The summed E-state index contributed by atoms with van der Waals surface area (Å²) in [6.45, 7) is 4.52. The molecule has 0 saturated heterocycles. The number of aliphatic hydroxyl groups excluding tert-OH is 1. The van der Waals surface area contributed by atoms with Gasteiger partial charge in [0.05, 0.1) is 5.52 Å². The molecule has 19 heavy (non-hydrogen) atoms. The van der Waals surface area contributed by atoms with Crippen molar-refractivity contribution < 1.29 is 5.11 Å². The van der Waals surface area contributed by atoms with E-state index in [1.807, 2.05) is 24.4 Å². The topological polar surface area (TPSA) is 45.1 Å². The van der Waals surface area contributed by atoms with E-state index in [1.165, 1.54) is 0 Å². The smallest absolute Gasteiger partial charge is 0.0733 e. The van der Waals surface area contributed by atoms with Gasteiger partial charge in [0.1, 0.15) is 0 Å². The van der Waals surface area contributed by atoms with E-state index in [2.05, 4.69) is 46.1 Å². The average Bonchev–Trinajstić information content (AvgIpc) is 2.37. The van der Waals surface area contributed by atoms with Crippen molar-refractivity contribution in [3.63, 3.8) is 0 Å². The van der Waals surface area contributed by atoms with Crippen LogP contribution in [0.1, 0.15) is 20.3 Å². The Morgan fingerprint density at radius 3 is 2.79 bits per heavy atom. The van der Waals surface area contributed by atoms with Crippen LogP contribution >= 0.6 is 15.9 Å². The Morgan fingerprint density at radius 2 is 2.11 bits per heavy atom. The predicted molar refractivity (Wildman–Crippen MR) is 83.4 cm³/mol. The lowest BCUT2D eigenvalue weighted by molar-refractivity contribution is 0.267. The van der Waals surface area contributed by atoms with Crippen LogP contribution < -0.4 is 5.32 Å². The fourth-order valence-corrected chi connectivity index (χ4v) is 2.51. The first-order chi connectivity index (χ1) is 9.11. The highest BCUT2D eigenvalue weighted by atomic mass is 79.9. The van der Waals surface area contributed by atoms with Crippen molar-refractivity contribution in [2.45, 2.75) is 26.3 Å². The Morgan fingerprint density at radius 1 is 1.32 bits per heavy atom. The van der Waals surface area contributed by atoms with Crippen LogP contribution in [0.25, 0.3) is 10.9 Å². The van der Waals surface area contributed by atoms with Crippen LogP contribution in [-0.2, 0) is 0 Å². The highest BCUT2D eigenvalue weighted by Crippen LogP contribution is 2.26. The molecule has 0 amide bonds. The summed E-state index contributed by atoms with van der Waals surface area (Å²) < 4.78 is 1.03. The SMILES string of the molecule is CC(C)[C@@H](CCO)Nc1ccnc2cc(Br)ccc12. The van der Waals surface area contributed by atoms with Crippen molar-refractivity contribution in [1.82, 2.24) is 4.98 Å². The summed E-state index contributed by atoms with van der Waals surface area (Å²) in [5, 5.41) is 13.8. The molecule has 102 valence electrons. The number of nitrogens with zero attached hydrogens (tertiary/aromatic N) is 1. The number of hydrogen-bond donors (Lipinski definition) is 2. The van der Waals surface area contributed by atoms with E-state index in [9.17, 15) is 0 Å².